The third-order valence-electron chi connectivity index (χ3n) is 3.91. The molecule has 0 saturated heterocycles. The van der Waals surface area contributed by atoms with Crippen LogP contribution in [0.25, 0.3) is 0 Å². The Bertz CT molecular complexity index is 643. The third kappa shape index (κ3) is 16.9. The van der Waals surface area contributed by atoms with Crippen molar-refractivity contribution in [3.05, 3.63) is 0 Å². The molecule has 0 fully saturated rings. The molecule has 0 aromatic heterocycles. The van der Waals surface area contributed by atoms with Crippen molar-refractivity contribution in [2.24, 2.45) is 10.9 Å². The first kappa shape index (κ1) is 26.1. The molecule has 0 amide bonds. The molecular formula is C18H30N2O5P2. The Hall–Kier alpha value is -0.920. The van der Waals surface area contributed by atoms with Crippen molar-refractivity contribution >= 4 is 27.3 Å². The number of hydrogen-bond acceptors (Lipinski definition) is 7. The van der Waals surface area contributed by atoms with Crippen LogP contribution in [0.3, 0.4) is 0 Å². The molecule has 0 bridgehead atoms. The van der Waals surface area contributed by atoms with Crippen LogP contribution in [0.5, 0.6) is 0 Å². The van der Waals surface area contributed by atoms with Crippen LogP contribution >= 0.6 is 15.8 Å². The van der Waals surface area contributed by atoms with Crippen molar-refractivity contribution in [1.82, 2.24) is 0 Å². The Morgan fingerprint density at radius 3 is 2.30 bits per heavy atom. The number of rotatable bonds is 16. The molecule has 0 aliphatic heterocycles. The Labute approximate surface area is 163 Å². The number of carbonyl (C=O) groups is 1. The number of hydrazone groups is 1. The quantitative estimate of drug-likeness (QED) is 0.129. The van der Waals surface area contributed by atoms with Crippen LogP contribution in [0.2, 0.25) is 0 Å². The molecule has 7 nitrogen and oxygen atoms in total. The molecule has 0 radical (unpaired) electrons. The SMILES string of the molecule is NN=C(CCCOCC(O)C#P=O)C(=O)CCCCCCCCCC#P=O. The molecule has 0 spiro atoms. The Morgan fingerprint density at radius 2 is 1.67 bits per heavy atom. The number of aliphatic hydroxyl groups excluding tert-OH is 1. The monoisotopic (exact) mass is 416 g/mol. The zero-order chi connectivity index (χ0) is 20.2. The molecule has 9 heteroatoms. The summed E-state index contributed by atoms with van der Waals surface area (Å²) in [5.74, 6) is 5.29. The van der Waals surface area contributed by atoms with Crippen molar-refractivity contribution in [2.75, 3.05) is 13.2 Å². The maximum absolute atomic E-state index is 12.1. The van der Waals surface area contributed by atoms with Gasteiger partial charge in [0.1, 0.15) is 0 Å². The zero-order valence-electron chi connectivity index (χ0n) is 15.8. The van der Waals surface area contributed by atoms with Crippen LogP contribution in [0, 0.1) is 11.3 Å². The average Bonchev–Trinajstić information content (AvgIpc) is 2.66. The number of unbranched alkanes of at least 4 members (excludes halogenated alkanes) is 7. The van der Waals surface area contributed by atoms with Gasteiger partial charge in [0.2, 0.25) is 0 Å². The van der Waals surface area contributed by atoms with Crippen molar-refractivity contribution in [2.45, 2.75) is 76.7 Å². The number of hydrogen-bond donors (Lipinski definition) is 2. The van der Waals surface area contributed by atoms with Crippen molar-refractivity contribution in [3.63, 3.8) is 0 Å². The number of nitrogens with zero attached hydrogens (tertiary/aromatic N) is 1. The Balaban J connectivity index is 3.69. The standard InChI is InChI=1S/C18H30N2O5P2/c19-20-17(10-9-12-25-14-16(21)15-27-24)18(22)11-7-5-3-1-2-4-6-8-13-26-23/h16,21H,1-12,14,19H2. The Morgan fingerprint density at radius 1 is 1.00 bits per heavy atom. The molecular weight excluding hydrogens is 386 g/mol. The van der Waals surface area contributed by atoms with E-state index in [1.54, 1.807) is 0 Å². The summed E-state index contributed by atoms with van der Waals surface area (Å²) in [7, 11) is -0.354. The third-order valence-corrected chi connectivity index (χ3v) is 4.67. The Kier molecular flexibility index (Phi) is 19.2. The summed E-state index contributed by atoms with van der Waals surface area (Å²) in [5.41, 5.74) is 5.38. The normalized spacial score (nSPS) is 12.1. The van der Waals surface area contributed by atoms with Crippen LogP contribution in [-0.4, -0.2) is 35.9 Å². The van der Waals surface area contributed by atoms with Crippen molar-refractivity contribution < 1.29 is 23.8 Å². The molecule has 0 aromatic rings. The van der Waals surface area contributed by atoms with Gasteiger partial charge in [0.25, 0.3) is 0 Å². The fourth-order valence-electron chi connectivity index (χ4n) is 2.47. The van der Waals surface area contributed by atoms with Crippen molar-refractivity contribution in [1.29, 1.82) is 0 Å². The summed E-state index contributed by atoms with van der Waals surface area (Å²) < 4.78 is 25.6. The van der Waals surface area contributed by atoms with E-state index in [4.69, 9.17) is 10.6 Å². The van der Waals surface area contributed by atoms with Gasteiger partial charge in [0, 0.05) is 0 Å². The minimum absolute atomic E-state index is 0.00267. The van der Waals surface area contributed by atoms with E-state index in [2.05, 4.69) is 16.4 Å². The number of ether oxygens (including phenoxy) is 1. The molecule has 0 aliphatic rings. The van der Waals surface area contributed by atoms with Crippen LogP contribution < -0.4 is 5.84 Å². The molecule has 27 heavy (non-hydrogen) atoms. The first-order valence-electron chi connectivity index (χ1n) is 9.34. The number of ketones is 1. The first-order chi connectivity index (χ1) is 13.2. The van der Waals surface area contributed by atoms with Crippen molar-refractivity contribution in [3.8, 4) is 11.3 Å². The van der Waals surface area contributed by atoms with Gasteiger partial charge in [-0.05, 0) is 0 Å². The second-order valence-electron chi connectivity index (χ2n) is 6.14. The summed E-state index contributed by atoms with van der Waals surface area (Å²) in [5, 5.41) is 12.9. The molecule has 3 N–H and O–H groups in total. The molecule has 152 valence electrons. The molecule has 0 saturated carbocycles. The number of aliphatic hydroxyl groups is 1. The van der Waals surface area contributed by atoms with Gasteiger partial charge < -0.3 is 0 Å². The summed E-state index contributed by atoms with van der Waals surface area (Å²) in [6.45, 7) is 0.373. The predicted octanol–water partition coefficient (Wildman–Crippen LogP) is 4.04. The van der Waals surface area contributed by atoms with Crippen LogP contribution in [-0.2, 0) is 18.7 Å². The number of carbonyl (C=O) groups excluding carboxylic acids is 1. The van der Waals surface area contributed by atoms with Gasteiger partial charge >= 0.3 is 163 Å². The van der Waals surface area contributed by atoms with Gasteiger partial charge in [0.05, 0.1) is 0 Å². The van der Waals surface area contributed by atoms with Gasteiger partial charge in [-0.25, -0.2) is 0 Å². The summed E-state index contributed by atoms with van der Waals surface area (Å²) in [6, 6.07) is 0. The fraction of sp³-hybridized carbons (Fsp3) is 0.778. The minimum atomic E-state index is -0.984. The van der Waals surface area contributed by atoms with E-state index in [1.165, 1.54) is 0 Å². The van der Waals surface area contributed by atoms with E-state index in [9.17, 15) is 19.0 Å². The van der Waals surface area contributed by atoms with E-state index in [-0.39, 0.29) is 28.2 Å². The molecule has 1 unspecified atom stereocenters. The van der Waals surface area contributed by atoms with Crippen LogP contribution in [0.15, 0.2) is 5.10 Å². The fourth-order valence-corrected chi connectivity index (χ4v) is 2.92. The van der Waals surface area contributed by atoms with E-state index < -0.39 is 6.10 Å². The van der Waals surface area contributed by atoms with E-state index in [1.807, 2.05) is 0 Å². The second-order valence-corrected chi connectivity index (χ2v) is 7.08. The molecule has 0 rings (SSSR count). The van der Waals surface area contributed by atoms with E-state index in [0.29, 0.717) is 31.6 Å². The van der Waals surface area contributed by atoms with E-state index in [0.717, 1.165) is 51.4 Å². The first-order valence-corrected chi connectivity index (χ1v) is 11.0. The van der Waals surface area contributed by atoms with Gasteiger partial charge in [-0.3, -0.25) is 0 Å². The molecule has 0 heterocycles. The molecule has 1 atom stereocenters. The van der Waals surface area contributed by atoms with E-state index >= 15 is 0 Å². The number of nitrogens with two attached hydrogens (primary N) is 1. The predicted molar refractivity (Wildman–Crippen MR) is 107 cm³/mol. The zero-order valence-corrected chi connectivity index (χ0v) is 17.6. The van der Waals surface area contributed by atoms with Crippen LogP contribution in [0.1, 0.15) is 70.6 Å². The molecule has 0 aliphatic carbocycles. The van der Waals surface area contributed by atoms with Gasteiger partial charge in [0.15, 0.2) is 0 Å². The topological polar surface area (TPSA) is 119 Å². The van der Waals surface area contributed by atoms with Crippen LogP contribution in [0.4, 0.5) is 0 Å². The molecule has 0 aromatic carbocycles. The van der Waals surface area contributed by atoms with Gasteiger partial charge in [-0.2, -0.15) is 0 Å². The van der Waals surface area contributed by atoms with Gasteiger partial charge in [-0.15, -0.1) is 0 Å². The van der Waals surface area contributed by atoms with Gasteiger partial charge in [-0.1, -0.05) is 0 Å². The number of Topliss-reactive ketones (excluding diaryl/α,β-unsaturated/α-hetero) is 1. The maximum atomic E-state index is 12.1. The summed E-state index contributed by atoms with van der Waals surface area (Å²) in [6.07, 6.45) is 8.65. The summed E-state index contributed by atoms with van der Waals surface area (Å²) in [4.78, 5) is 12.1. The second kappa shape index (κ2) is 19.8. The average molecular weight is 416 g/mol. The summed E-state index contributed by atoms with van der Waals surface area (Å²) >= 11 is 0.